The van der Waals surface area contributed by atoms with Gasteiger partial charge in [-0.1, -0.05) is 30.3 Å². The first-order valence-electron chi connectivity index (χ1n) is 8.18. The van der Waals surface area contributed by atoms with Gasteiger partial charge >= 0.3 is 0 Å². The zero-order valence-corrected chi connectivity index (χ0v) is 15.7. The molecule has 1 fully saturated rings. The van der Waals surface area contributed by atoms with Gasteiger partial charge in [0.25, 0.3) is 5.91 Å². The summed E-state index contributed by atoms with van der Waals surface area (Å²) in [4.78, 5) is 16.9. The van der Waals surface area contributed by atoms with Crippen LogP contribution in [-0.2, 0) is 0 Å². The maximum Gasteiger partial charge on any atom is 0.255 e. The lowest BCUT2D eigenvalue weighted by Gasteiger charge is -2.34. The molecule has 3 rings (SSSR count). The second-order valence-corrected chi connectivity index (χ2v) is 6.94. The van der Waals surface area contributed by atoms with Gasteiger partial charge in [-0.2, -0.15) is 0 Å². The number of hydrogen-bond acceptors (Lipinski definition) is 3. The minimum Gasteiger partial charge on any atom is -0.492 e. The van der Waals surface area contributed by atoms with E-state index in [1.807, 2.05) is 59.5 Å². The average molecular weight is 436 g/mol. The third kappa shape index (κ3) is 4.48. The number of piperazine rings is 1. The second-order valence-electron chi connectivity index (χ2n) is 5.78. The number of ether oxygens (including phenoxy) is 1. The van der Waals surface area contributed by atoms with Crippen molar-refractivity contribution in [3.8, 4) is 5.75 Å². The Hall–Kier alpha value is -1.60. The van der Waals surface area contributed by atoms with Crippen molar-refractivity contribution in [3.05, 3.63) is 63.7 Å². The highest BCUT2D eigenvalue weighted by Gasteiger charge is 2.23. The van der Waals surface area contributed by atoms with Crippen molar-refractivity contribution in [3.63, 3.8) is 0 Å². The van der Waals surface area contributed by atoms with E-state index in [2.05, 4.69) is 27.5 Å². The van der Waals surface area contributed by atoms with Crippen LogP contribution in [0.15, 0.2) is 54.6 Å². The first-order chi connectivity index (χ1) is 11.7. The lowest BCUT2D eigenvalue weighted by molar-refractivity contribution is 0.0619. The predicted molar refractivity (Wildman–Crippen MR) is 103 cm³/mol. The lowest BCUT2D eigenvalue weighted by Crippen LogP contribution is -2.49. The van der Waals surface area contributed by atoms with E-state index in [4.69, 9.17) is 4.74 Å². The topological polar surface area (TPSA) is 32.8 Å². The van der Waals surface area contributed by atoms with Gasteiger partial charge in [-0.15, -0.1) is 0 Å². The number of amides is 1. The van der Waals surface area contributed by atoms with Gasteiger partial charge in [-0.05, 0) is 46.9 Å². The fraction of sp³-hybridized carbons (Fsp3) is 0.316. The van der Waals surface area contributed by atoms with E-state index in [0.29, 0.717) is 6.61 Å². The van der Waals surface area contributed by atoms with E-state index in [1.54, 1.807) is 0 Å². The number of halogens is 1. The molecule has 4 nitrogen and oxygen atoms in total. The first-order valence-corrected chi connectivity index (χ1v) is 9.26. The summed E-state index contributed by atoms with van der Waals surface area (Å²) in [6.07, 6.45) is 0. The Morgan fingerprint density at radius 2 is 1.62 bits per heavy atom. The lowest BCUT2D eigenvalue weighted by atomic mass is 10.2. The van der Waals surface area contributed by atoms with E-state index in [9.17, 15) is 4.79 Å². The van der Waals surface area contributed by atoms with Gasteiger partial charge in [-0.3, -0.25) is 9.69 Å². The maximum atomic E-state index is 12.6. The Bertz CT molecular complexity index is 670. The van der Waals surface area contributed by atoms with Crippen LogP contribution < -0.4 is 4.74 Å². The van der Waals surface area contributed by atoms with E-state index in [-0.39, 0.29) is 5.91 Å². The average Bonchev–Trinajstić information content (AvgIpc) is 2.63. The molecule has 24 heavy (non-hydrogen) atoms. The van der Waals surface area contributed by atoms with Gasteiger partial charge in [0, 0.05) is 36.3 Å². The molecule has 0 radical (unpaired) electrons. The standard InChI is InChI=1S/C19H21IN2O2/c20-18-9-5-4-8-17(18)19(23)22-12-10-21(11-13-22)14-15-24-16-6-2-1-3-7-16/h1-9H,10-15H2. The first kappa shape index (κ1) is 17.2. The van der Waals surface area contributed by atoms with Gasteiger partial charge in [0.05, 0.1) is 5.56 Å². The van der Waals surface area contributed by atoms with Crippen LogP contribution in [0.2, 0.25) is 0 Å². The van der Waals surface area contributed by atoms with Crippen LogP contribution in [-0.4, -0.2) is 55.0 Å². The SMILES string of the molecule is O=C(c1ccccc1I)N1CCN(CCOc2ccccc2)CC1. The molecular weight excluding hydrogens is 415 g/mol. The Labute approximate surface area is 156 Å². The minimum atomic E-state index is 0.139. The molecule has 0 aliphatic carbocycles. The van der Waals surface area contributed by atoms with Crippen molar-refractivity contribution >= 4 is 28.5 Å². The molecule has 1 amide bonds. The van der Waals surface area contributed by atoms with Gasteiger partial charge in [-0.25, -0.2) is 0 Å². The second kappa shape index (κ2) is 8.48. The number of carbonyl (C=O) groups excluding carboxylic acids is 1. The number of benzene rings is 2. The van der Waals surface area contributed by atoms with E-state index in [0.717, 1.165) is 47.6 Å². The molecule has 0 N–H and O–H groups in total. The zero-order chi connectivity index (χ0) is 16.8. The van der Waals surface area contributed by atoms with Crippen LogP contribution in [0.25, 0.3) is 0 Å². The molecule has 2 aromatic carbocycles. The maximum absolute atomic E-state index is 12.6. The molecule has 0 aromatic heterocycles. The van der Waals surface area contributed by atoms with Crippen molar-refractivity contribution in [2.75, 3.05) is 39.3 Å². The van der Waals surface area contributed by atoms with E-state index in [1.165, 1.54) is 0 Å². The van der Waals surface area contributed by atoms with Crippen molar-refractivity contribution < 1.29 is 9.53 Å². The summed E-state index contributed by atoms with van der Waals surface area (Å²) < 4.78 is 6.76. The normalized spacial score (nSPS) is 15.3. The van der Waals surface area contributed by atoms with Crippen LogP contribution in [0.4, 0.5) is 0 Å². The molecule has 0 unspecified atom stereocenters. The fourth-order valence-electron chi connectivity index (χ4n) is 2.79. The third-order valence-corrected chi connectivity index (χ3v) is 5.12. The molecular formula is C19H21IN2O2. The fourth-order valence-corrected chi connectivity index (χ4v) is 3.41. The Morgan fingerprint density at radius 1 is 0.958 bits per heavy atom. The zero-order valence-electron chi connectivity index (χ0n) is 13.5. The third-order valence-electron chi connectivity index (χ3n) is 4.18. The highest BCUT2D eigenvalue weighted by molar-refractivity contribution is 14.1. The number of carbonyl (C=O) groups is 1. The molecule has 126 valence electrons. The van der Waals surface area contributed by atoms with E-state index >= 15 is 0 Å². The summed E-state index contributed by atoms with van der Waals surface area (Å²) in [5.41, 5.74) is 0.805. The van der Waals surface area contributed by atoms with Crippen molar-refractivity contribution in [1.82, 2.24) is 9.80 Å². The molecule has 1 aliphatic heterocycles. The molecule has 0 saturated carbocycles. The molecule has 1 saturated heterocycles. The van der Waals surface area contributed by atoms with Crippen molar-refractivity contribution in [1.29, 1.82) is 0 Å². The summed E-state index contributed by atoms with van der Waals surface area (Å²) in [5, 5.41) is 0. The van der Waals surface area contributed by atoms with E-state index < -0.39 is 0 Å². The predicted octanol–water partition coefficient (Wildman–Crippen LogP) is 3.13. The van der Waals surface area contributed by atoms with Crippen LogP contribution in [0.5, 0.6) is 5.75 Å². The largest absolute Gasteiger partial charge is 0.492 e. The van der Waals surface area contributed by atoms with Gasteiger partial charge in [0.2, 0.25) is 0 Å². The molecule has 0 spiro atoms. The molecule has 0 bridgehead atoms. The summed E-state index contributed by atoms with van der Waals surface area (Å²) in [6.45, 7) is 4.90. The molecule has 1 heterocycles. The Kier molecular flexibility index (Phi) is 6.09. The van der Waals surface area contributed by atoms with Crippen LogP contribution >= 0.6 is 22.6 Å². The van der Waals surface area contributed by atoms with Gasteiger partial charge in [0.15, 0.2) is 0 Å². The molecule has 1 aliphatic rings. The number of rotatable bonds is 5. The summed E-state index contributed by atoms with van der Waals surface area (Å²) in [5.74, 6) is 1.05. The molecule has 5 heteroatoms. The monoisotopic (exact) mass is 436 g/mol. The van der Waals surface area contributed by atoms with Crippen LogP contribution in [0.3, 0.4) is 0 Å². The highest BCUT2D eigenvalue weighted by Crippen LogP contribution is 2.15. The Balaban J connectivity index is 1.44. The minimum absolute atomic E-state index is 0.139. The van der Waals surface area contributed by atoms with Crippen LogP contribution in [0, 0.1) is 3.57 Å². The van der Waals surface area contributed by atoms with Gasteiger partial charge in [0.1, 0.15) is 12.4 Å². The van der Waals surface area contributed by atoms with Crippen LogP contribution in [0.1, 0.15) is 10.4 Å². The highest BCUT2D eigenvalue weighted by atomic mass is 127. The summed E-state index contributed by atoms with van der Waals surface area (Å²) in [6, 6.07) is 17.6. The number of hydrogen-bond donors (Lipinski definition) is 0. The quantitative estimate of drug-likeness (QED) is 0.676. The number of para-hydroxylation sites is 1. The van der Waals surface area contributed by atoms with Crippen molar-refractivity contribution in [2.45, 2.75) is 0 Å². The Morgan fingerprint density at radius 3 is 2.33 bits per heavy atom. The van der Waals surface area contributed by atoms with Gasteiger partial charge < -0.3 is 9.64 Å². The molecule has 2 aromatic rings. The smallest absolute Gasteiger partial charge is 0.255 e. The molecule has 0 atom stereocenters. The summed E-state index contributed by atoms with van der Waals surface area (Å²) in [7, 11) is 0. The number of nitrogens with zero attached hydrogens (tertiary/aromatic N) is 2. The summed E-state index contributed by atoms with van der Waals surface area (Å²) >= 11 is 2.23. The van der Waals surface area contributed by atoms with Crippen molar-refractivity contribution in [2.24, 2.45) is 0 Å².